The van der Waals surface area contributed by atoms with Gasteiger partial charge in [0.2, 0.25) is 5.79 Å². The summed E-state index contributed by atoms with van der Waals surface area (Å²) in [7, 11) is 1.48. The summed E-state index contributed by atoms with van der Waals surface area (Å²) in [4.78, 5) is 39.6. The third-order valence-corrected chi connectivity index (χ3v) is 8.82. The number of rotatable bonds is 6. The number of fused-ring (bicyclic) bond motifs is 1. The number of para-hydroxylation sites is 1. The topological polar surface area (TPSA) is 224 Å². The SMILES string of the molecule is COc1ccnc(C(=O)NC[C@@H]2N=C(N)N3CC(NC(=O)c4cccc5c4OCCC5(C)C)C(O)(O)C34NC(N)=[NH+][C@@H]24)c1. The number of methoxy groups -OCH3 is 1. The second kappa shape index (κ2) is 9.98. The molecule has 6 rings (SSSR count). The van der Waals surface area contributed by atoms with Gasteiger partial charge < -0.3 is 36.1 Å². The van der Waals surface area contributed by atoms with Crippen LogP contribution in [0.1, 0.15) is 46.7 Å². The molecule has 0 saturated carbocycles. The molecule has 2 unspecified atom stereocenters. The Bertz CT molecular complexity index is 1540. The van der Waals surface area contributed by atoms with Gasteiger partial charge in [0, 0.05) is 24.4 Å². The Labute approximate surface area is 247 Å². The van der Waals surface area contributed by atoms with Gasteiger partial charge in [0.1, 0.15) is 29.3 Å². The Hall–Kier alpha value is -4.63. The number of benzene rings is 1. The van der Waals surface area contributed by atoms with Crippen molar-refractivity contribution in [3.05, 3.63) is 53.3 Å². The average Bonchev–Trinajstić information content (AvgIpc) is 3.45. The van der Waals surface area contributed by atoms with E-state index in [9.17, 15) is 19.8 Å². The fraction of sp³-hybridized carbons (Fsp3) is 0.464. The Morgan fingerprint density at radius 2 is 2.05 bits per heavy atom. The summed E-state index contributed by atoms with van der Waals surface area (Å²) in [6.07, 6.45) is 2.25. The molecular weight excluding hydrogens is 558 g/mol. The summed E-state index contributed by atoms with van der Waals surface area (Å²) >= 11 is 0. The molecule has 1 aromatic heterocycles. The first-order valence-electron chi connectivity index (χ1n) is 14.0. The molecular formula is C28H36N9O6+. The highest BCUT2D eigenvalue weighted by atomic mass is 16.5. The standard InChI is InChI=1S/C28H35N9O6/c1-26(2)8-10-43-20-15(5-4-6-16(20)26)22(38)34-19-13-37-25(30)33-18(21-27(37,28(19,40)41)36-24(29)35-21)12-32-23(39)17-11-14(42-3)7-9-31-17/h4-7,9,11,18-19,21,40-41H,8,10,12-13H2,1-3H3,(H2,30,33)(H,32,39)(H,34,38)(H3,29,35,36)/p+1/t18-,19?,21-,27?/m0/s1. The molecule has 228 valence electrons. The van der Waals surface area contributed by atoms with Crippen LogP contribution in [0.5, 0.6) is 11.5 Å². The minimum absolute atomic E-state index is 0.0228. The van der Waals surface area contributed by atoms with E-state index in [4.69, 9.17) is 20.9 Å². The number of nitrogens with one attached hydrogen (secondary N) is 4. The summed E-state index contributed by atoms with van der Waals surface area (Å²) < 4.78 is 11.1. The van der Waals surface area contributed by atoms with Crippen molar-refractivity contribution in [1.82, 2.24) is 25.8 Å². The van der Waals surface area contributed by atoms with E-state index < -0.39 is 41.4 Å². The van der Waals surface area contributed by atoms with E-state index in [1.54, 1.807) is 18.2 Å². The molecule has 10 N–H and O–H groups in total. The lowest BCUT2D eigenvalue weighted by Gasteiger charge is -2.46. The number of hydrogen-bond donors (Lipinski definition) is 8. The van der Waals surface area contributed by atoms with E-state index in [0.29, 0.717) is 18.1 Å². The van der Waals surface area contributed by atoms with Crippen molar-refractivity contribution in [2.24, 2.45) is 16.5 Å². The molecule has 4 atom stereocenters. The van der Waals surface area contributed by atoms with E-state index in [1.807, 2.05) is 6.07 Å². The number of amides is 2. The van der Waals surface area contributed by atoms with Crippen molar-refractivity contribution in [3.63, 3.8) is 0 Å². The van der Waals surface area contributed by atoms with Gasteiger partial charge in [-0.3, -0.25) is 30.2 Å². The van der Waals surface area contributed by atoms with Crippen LogP contribution in [0.25, 0.3) is 0 Å². The van der Waals surface area contributed by atoms with E-state index in [2.05, 4.69) is 44.8 Å². The third kappa shape index (κ3) is 4.38. The Morgan fingerprint density at radius 3 is 2.81 bits per heavy atom. The highest BCUT2D eigenvalue weighted by molar-refractivity contribution is 5.98. The largest absolute Gasteiger partial charge is 0.497 e. The minimum atomic E-state index is -2.60. The third-order valence-electron chi connectivity index (χ3n) is 8.82. The zero-order valence-corrected chi connectivity index (χ0v) is 24.0. The molecule has 43 heavy (non-hydrogen) atoms. The van der Waals surface area contributed by atoms with Crippen LogP contribution in [0.3, 0.4) is 0 Å². The smallest absolute Gasteiger partial charge is 0.343 e. The molecule has 0 bridgehead atoms. The van der Waals surface area contributed by atoms with Crippen molar-refractivity contribution in [2.75, 3.05) is 26.8 Å². The Balaban J connectivity index is 1.25. The highest BCUT2D eigenvalue weighted by Gasteiger charge is 2.76. The monoisotopic (exact) mass is 594 g/mol. The van der Waals surface area contributed by atoms with Crippen LogP contribution < -0.4 is 41.9 Å². The van der Waals surface area contributed by atoms with E-state index in [-0.39, 0.29) is 41.7 Å². The first kappa shape index (κ1) is 28.5. The van der Waals surface area contributed by atoms with E-state index in [0.717, 1.165) is 12.0 Å². The molecule has 0 radical (unpaired) electrons. The number of aromatic nitrogens is 1. The predicted molar refractivity (Wildman–Crippen MR) is 153 cm³/mol. The molecule has 4 aliphatic rings. The second-order valence-corrected chi connectivity index (χ2v) is 11.8. The molecule has 1 aromatic carbocycles. The molecule has 1 spiro atoms. The number of aliphatic imine (C=N–C) groups is 1. The number of aliphatic hydroxyl groups is 2. The lowest BCUT2D eigenvalue weighted by Crippen LogP contribution is -2.90. The maximum atomic E-state index is 13.6. The van der Waals surface area contributed by atoms with E-state index >= 15 is 0 Å². The Kier molecular flexibility index (Phi) is 6.61. The van der Waals surface area contributed by atoms with Crippen LogP contribution in [0, 0.1) is 0 Å². The van der Waals surface area contributed by atoms with Gasteiger partial charge >= 0.3 is 5.96 Å². The first-order chi connectivity index (χ1) is 20.4. The van der Waals surface area contributed by atoms with Crippen LogP contribution in [-0.2, 0) is 5.41 Å². The predicted octanol–water partition coefficient (Wildman–Crippen LogP) is -3.56. The summed E-state index contributed by atoms with van der Waals surface area (Å²) in [6, 6.07) is 5.58. The Morgan fingerprint density at radius 1 is 1.26 bits per heavy atom. The number of pyridine rings is 1. The number of carbonyl (C=O) groups is 2. The lowest BCUT2D eigenvalue weighted by atomic mass is 9.79. The summed E-state index contributed by atoms with van der Waals surface area (Å²) in [5.41, 5.74) is 11.9. The van der Waals surface area contributed by atoms with Crippen LogP contribution in [0.4, 0.5) is 0 Å². The quantitative estimate of drug-likeness (QED) is 0.153. The van der Waals surface area contributed by atoms with Gasteiger partial charge in [-0.2, -0.15) is 0 Å². The summed E-state index contributed by atoms with van der Waals surface area (Å²) in [6.45, 7) is 4.49. The fourth-order valence-electron chi connectivity index (χ4n) is 6.47. The number of hydrogen-bond acceptors (Lipinski definition) is 12. The van der Waals surface area contributed by atoms with Crippen molar-refractivity contribution < 1.29 is 34.3 Å². The number of carbonyl (C=O) groups excluding carboxylic acids is 2. The van der Waals surface area contributed by atoms with Gasteiger partial charge in [0.25, 0.3) is 17.5 Å². The fourth-order valence-corrected chi connectivity index (χ4v) is 6.47. The maximum absolute atomic E-state index is 13.6. The van der Waals surface area contributed by atoms with Gasteiger partial charge in [-0.05, 0) is 24.0 Å². The number of guanidine groups is 2. The molecule has 0 aliphatic carbocycles. The number of nitrogens with zero attached hydrogens (tertiary/aromatic N) is 3. The van der Waals surface area contributed by atoms with Crippen molar-refractivity contribution >= 4 is 23.7 Å². The molecule has 15 heteroatoms. The maximum Gasteiger partial charge on any atom is 0.343 e. The van der Waals surface area contributed by atoms with Gasteiger partial charge in [-0.25, -0.2) is 10.3 Å². The molecule has 1 saturated heterocycles. The molecule has 5 heterocycles. The first-order valence-corrected chi connectivity index (χ1v) is 14.0. The van der Waals surface area contributed by atoms with Crippen LogP contribution in [0.2, 0.25) is 0 Å². The molecule has 1 fully saturated rings. The molecule has 2 aromatic rings. The van der Waals surface area contributed by atoms with Crippen molar-refractivity contribution in [2.45, 2.75) is 55.3 Å². The highest BCUT2D eigenvalue weighted by Crippen LogP contribution is 2.43. The van der Waals surface area contributed by atoms with Gasteiger partial charge in [-0.15, -0.1) is 0 Å². The summed E-state index contributed by atoms with van der Waals surface area (Å²) in [5.74, 6) is -2.65. The zero-order chi connectivity index (χ0) is 30.7. The van der Waals surface area contributed by atoms with Gasteiger partial charge in [-0.1, -0.05) is 26.0 Å². The van der Waals surface area contributed by atoms with Gasteiger partial charge in [0.05, 0.1) is 25.8 Å². The van der Waals surface area contributed by atoms with Crippen molar-refractivity contribution in [3.8, 4) is 11.5 Å². The van der Waals surface area contributed by atoms with Crippen LogP contribution >= 0.6 is 0 Å². The molecule has 2 amide bonds. The summed E-state index contributed by atoms with van der Waals surface area (Å²) in [5, 5.41) is 32.0. The second-order valence-electron chi connectivity index (χ2n) is 11.8. The lowest BCUT2D eigenvalue weighted by molar-refractivity contribution is -0.521. The normalized spacial score (nSPS) is 27.7. The number of ether oxygens (including phenoxy) is 2. The van der Waals surface area contributed by atoms with E-state index in [1.165, 1.54) is 24.3 Å². The van der Waals surface area contributed by atoms with Crippen LogP contribution in [-0.4, -0.2) is 100 Å². The minimum Gasteiger partial charge on any atom is -0.497 e. The molecule has 4 aliphatic heterocycles. The zero-order valence-electron chi connectivity index (χ0n) is 24.0. The number of nitrogens with two attached hydrogens (primary N) is 2. The van der Waals surface area contributed by atoms with Crippen molar-refractivity contribution in [1.29, 1.82) is 0 Å². The van der Waals surface area contributed by atoms with Gasteiger partial charge in [0.15, 0.2) is 12.0 Å². The van der Waals surface area contributed by atoms with Crippen LogP contribution in [0.15, 0.2) is 41.5 Å². The average molecular weight is 595 g/mol. The molecule has 15 nitrogen and oxygen atoms in total.